The Balaban J connectivity index is 2.08. The number of ether oxygens (including phenoxy) is 1. The quantitative estimate of drug-likeness (QED) is 0.836. The van der Waals surface area contributed by atoms with Crippen molar-refractivity contribution in [1.82, 2.24) is 0 Å². The number of nitrogens with one attached hydrogen (secondary N) is 2. The van der Waals surface area contributed by atoms with Crippen molar-refractivity contribution in [1.29, 1.82) is 0 Å². The molecule has 2 aromatic rings. The summed E-state index contributed by atoms with van der Waals surface area (Å²) in [7, 11) is 1.46. The summed E-state index contributed by atoms with van der Waals surface area (Å²) in [6.07, 6.45) is -0.553. The van der Waals surface area contributed by atoms with Gasteiger partial charge in [-0.05, 0) is 49.7 Å². The van der Waals surface area contributed by atoms with Crippen LogP contribution in [0.25, 0.3) is 0 Å². The van der Waals surface area contributed by atoms with Crippen molar-refractivity contribution in [3.05, 3.63) is 59.7 Å². The lowest BCUT2D eigenvalue weighted by atomic mass is 10.1. The van der Waals surface area contributed by atoms with Crippen LogP contribution in [0.3, 0.4) is 0 Å². The van der Waals surface area contributed by atoms with Crippen LogP contribution in [0.2, 0.25) is 0 Å². The lowest BCUT2D eigenvalue weighted by molar-refractivity contribution is -0.124. The Bertz CT molecular complexity index is 722. The van der Waals surface area contributed by atoms with Crippen LogP contribution in [0.15, 0.2) is 42.5 Å². The van der Waals surface area contributed by atoms with Gasteiger partial charge in [0.25, 0.3) is 5.91 Å². The van der Waals surface area contributed by atoms with Crippen LogP contribution in [0.5, 0.6) is 0 Å². The van der Waals surface area contributed by atoms with Gasteiger partial charge >= 0.3 is 0 Å². The fourth-order valence-electron chi connectivity index (χ4n) is 2.15. The minimum Gasteiger partial charge on any atom is -0.378 e. The molecule has 0 aliphatic rings. The predicted octanol–water partition coefficient (Wildman–Crippen LogP) is 4.11. The maximum absolute atomic E-state index is 13.3. The van der Waals surface area contributed by atoms with Crippen LogP contribution in [-0.2, 0) is 9.53 Å². The second kappa shape index (κ2) is 7.88. The molecule has 0 bridgehead atoms. The van der Waals surface area contributed by atoms with Crippen LogP contribution >= 0.6 is 0 Å². The number of rotatable bonds is 6. The van der Waals surface area contributed by atoms with Crippen LogP contribution in [0, 0.1) is 11.6 Å². The van der Waals surface area contributed by atoms with Gasteiger partial charge in [-0.25, -0.2) is 8.78 Å². The Morgan fingerprint density at radius 3 is 2.42 bits per heavy atom. The number of methoxy groups -OCH3 is 1. The first-order chi connectivity index (χ1) is 11.4. The molecule has 0 saturated heterocycles. The second-order valence-electron chi connectivity index (χ2n) is 5.49. The molecule has 6 heteroatoms. The molecule has 0 aliphatic heterocycles. The number of hydrogen-bond acceptors (Lipinski definition) is 3. The highest BCUT2D eigenvalue weighted by Crippen LogP contribution is 2.23. The Kier molecular flexibility index (Phi) is 5.87. The van der Waals surface area contributed by atoms with Gasteiger partial charge in [0.2, 0.25) is 0 Å². The molecule has 0 radical (unpaired) electrons. The zero-order valence-electron chi connectivity index (χ0n) is 13.8. The normalized spacial score (nSPS) is 13.2. The molecule has 4 nitrogen and oxygen atoms in total. The zero-order chi connectivity index (χ0) is 17.7. The van der Waals surface area contributed by atoms with Gasteiger partial charge in [-0.3, -0.25) is 4.79 Å². The van der Waals surface area contributed by atoms with Crippen LogP contribution in [0.1, 0.15) is 25.5 Å². The van der Waals surface area contributed by atoms with Crippen molar-refractivity contribution in [3.8, 4) is 0 Å². The first-order valence-electron chi connectivity index (χ1n) is 7.56. The molecule has 2 unspecified atom stereocenters. The van der Waals surface area contributed by atoms with E-state index >= 15 is 0 Å². The van der Waals surface area contributed by atoms with Gasteiger partial charge in [0.05, 0.1) is 0 Å². The van der Waals surface area contributed by atoms with E-state index < -0.39 is 17.7 Å². The average Bonchev–Trinajstić information content (AvgIpc) is 2.56. The van der Waals surface area contributed by atoms with Crippen molar-refractivity contribution >= 4 is 17.3 Å². The lowest BCUT2D eigenvalue weighted by Crippen LogP contribution is -2.26. The van der Waals surface area contributed by atoms with E-state index in [2.05, 4.69) is 10.6 Å². The third-order valence-corrected chi connectivity index (χ3v) is 3.68. The SMILES string of the molecule is COC(C)C(=O)Nc1cccc(NC(C)c2ccc(F)c(F)c2)c1. The van der Waals surface area contributed by atoms with Gasteiger partial charge in [0.15, 0.2) is 11.6 Å². The summed E-state index contributed by atoms with van der Waals surface area (Å²) >= 11 is 0. The van der Waals surface area contributed by atoms with E-state index in [1.54, 1.807) is 25.1 Å². The molecule has 2 atom stereocenters. The maximum Gasteiger partial charge on any atom is 0.253 e. The minimum absolute atomic E-state index is 0.232. The van der Waals surface area contributed by atoms with Crippen molar-refractivity contribution in [2.75, 3.05) is 17.7 Å². The Labute approximate surface area is 139 Å². The first-order valence-corrected chi connectivity index (χ1v) is 7.56. The molecule has 1 amide bonds. The third-order valence-electron chi connectivity index (χ3n) is 3.68. The summed E-state index contributed by atoms with van der Waals surface area (Å²) < 4.78 is 31.3. The molecule has 0 aliphatic carbocycles. The maximum atomic E-state index is 13.3. The van der Waals surface area contributed by atoms with Gasteiger partial charge in [-0.15, -0.1) is 0 Å². The Morgan fingerprint density at radius 1 is 1.04 bits per heavy atom. The topological polar surface area (TPSA) is 50.4 Å². The van der Waals surface area contributed by atoms with Crippen molar-refractivity contribution in [2.24, 2.45) is 0 Å². The molecular weight excluding hydrogens is 314 g/mol. The average molecular weight is 334 g/mol. The van der Waals surface area contributed by atoms with E-state index in [1.807, 2.05) is 13.0 Å². The molecule has 24 heavy (non-hydrogen) atoms. The van der Waals surface area contributed by atoms with E-state index in [1.165, 1.54) is 19.2 Å². The number of anilines is 2. The lowest BCUT2D eigenvalue weighted by Gasteiger charge is -2.17. The Hall–Kier alpha value is -2.47. The summed E-state index contributed by atoms with van der Waals surface area (Å²) in [5.74, 6) is -2.00. The van der Waals surface area contributed by atoms with E-state index in [4.69, 9.17) is 4.74 Å². The molecule has 2 aromatic carbocycles. The molecule has 128 valence electrons. The molecule has 0 saturated carbocycles. The highest BCUT2D eigenvalue weighted by Gasteiger charge is 2.12. The predicted molar refractivity (Wildman–Crippen MR) is 89.9 cm³/mol. The summed E-state index contributed by atoms with van der Waals surface area (Å²) in [6.45, 7) is 3.49. The summed E-state index contributed by atoms with van der Waals surface area (Å²) in [6, 6.07) is 10.7. The number of carbonyl (C=O) groups is 1. The monoisotopic (exact) mass is 334 g/mol. The van der Waals surface area contributed by atoms with Gasteiger partial charge in [-0.1, -0.05) is 12.1 Å². The van der Waals surface area contributed by atoms with Crippen molar-refractivity contribution in [2.45, 2.75) is 26.0 Å². The number of hydrogen-bond donors (Lipinski definition) is 2. The number of benzene rings is 2. The first kappa shape index (κ1) is 17.9. The molecule has 0 heterocycles. The third kappa shape index (κ3) is 4.52. The van der Waals surface area contributed by atoms with Crippen molar-refractivity contribution < 1.29 is 18.3 Å². The highest BCUT2D eigenvalue weighted by atomic mass is 19.2. The van der Waals surface area contributed by atoms with Gasteiger partial charge in [-0.2, -0.15) is 0 Å². The van der Waals surface area contributed by atoms with Gasteiger partial charge in [0, 0.05) is 24.5 Å². The van der Waals surface area contributed by atoms with Crippen molar-refractivity contribution in [3.63, 3.8) is 0 Å². The van der Waals surface area contributed by atoms with Crippen LogP contribution < -0.4 is 10.6 Å². The summed E-state index contributed by atoms with van der Waals surface area (Å²) in [4.78, 5) is 11.8. The molecule has 0 aromatic heterocycles. The Morgan fingerprint density at radius 2 is 1.75 bits per heavy atom. The van der Waals surface area contributed by atoms with Gasteiger partial charge in [0.1, 0.15) is 6.10 Å². The van der Waals surface area contributed by atoms with E-state index in [9.17, 15) is 13.6 Å². The zero-order valence-corrected chi connectivity index (χ0v) is 13.8. The van der Waals surface area contributed by atoms with Gasteiger partial charge < -0.3 is 15.4 Å². The van der Waals surface area contributed by atoms with E-state index in [0.29, 0.717) is 11.3 Å². The summed E-state index contributed by atoms with van der Waals surface area (Å²) in [5, 5.41) is 5.94. The van der Waals surface area contributed by atoms with Crippen LogP contribution in [-0.4, -0.2) is 19.1 Å². The number of amides is 1. The molecular formula is C18H20F2N2O2. The summed E-state index contributed by atoms with van der Waals surface area (Å²) in [5.41, 5.74) is 1.98. The van der Waals surface area contributed by atoms with Crippen LogP contribution in [0.4, 0.5) is 20.2 Å². The fourth-order valence-corrected chi connectivity index (χ4v) is 2.15. The molecule has 2 rings (SSSR count). The minimum atomic E-state index is -0.879. The second-order valence-corrected chi connectivity index (χ2v) is 5.49. The highest BCUT2D eigenvalue weighted by molar-refractivity contribution is 5.94. The molecule has 0 spiro atoms. The number of halogens is 2. The molecule has 2 N–H and O–H groups in total. The van der Waals surface area contributed by atoms with E-state index in [0.717, 1.165) is 11.8 Å². The molecule has 0 fully saturated rings. The number of carbonyl (C=O) groups excluding carboxylic acids is 1. The smallest absolute Gasteiger partial charge is 0.253 e. The fraction of sp³-hybridized carbons (Fsp3) is 0.278. The van der Waals surface area contributed by atoms with E-state index in [-0.39, 0.29) is 11.9 Å². The largest absolute Gasteiger partial charge is 0.378 e. The standard InChI is InChI=1S/C18H20F2N2O2/c1-11(13-7-8-16(19)17(20)9-13)21-14-5-4-6-15(10-14)22-18(23)12(2)24-3/h4-12,21H,1-3H3,(H,22,23).